The molecule has 3 nitrogen and oxygen atoms in total. The van der Waals surface area contributed by atoms with Gasteiger partial charge in [-0.25, -0.2) is 0 Å². The van der Waals surface area contributed by atoms with E-state index in [2.05, 4.69) is 23.3 Å². The number of aromatic nitrogens is 1. The van der Waals surface area contributed by atoms with Gasteiger partial charge in [-0.15, -0.1) is 11.8 Å². The topological polar surface area (TPSA) is 45.2 Å². The molecule has 2 N–H and O–H groups in total. The summed E-state index contributed by atoms with van der Waals surface area (Å²) in [5.74, 6) is 1.27. The summed E-state index contributed by atoms with van der Waals surface area (Å²) < 4.78 is 0. The van der Waals surface area contributed by atoms with Crippen molar-refractivity contribution in [2.45, 2.75) is 25.3 Å². The van der Waals surface area contributed by atoms with Crippen molar-refractivity contribution in [1.82, 2.24) is 4.98 Å². The number of rotatable bonds is 5. The van der Waals surface area contributed by atoms with Crippen LogP contribution in [0.25, 0.3) is 0 Å². The SMILES string of the molecule is CCSc1ccccc1NCc1nc(C)ccc1O. The maximum atomic E-state index is 9.78. The number of aromatic hydroxyl groups is 1. The van der Waals surface area contributed by atoms with Crippen LogP contribution in [0.4, 0.5) is 5.69 Å². The predicted molar refractivity (Wildman–Crippen MR) is 80.8 cm³/mol. The van der Waals surface area contributed by atoms with E-state index in [1.165, 1.54) is 4.90 Å². The first kappa shape index (κ1) is 13.7. The second-order valence-corrected chi connectivity index (χ2v) is 5.51. The summed E-state index contributed by atoms with van der Waals surface area (Å²) in [7, 11) is 0. The quantitative estimate of drug-likeness (QED) is 0.814. The minimum atomic E-state index is 0.235. The van der Waals surface area contributed by atoms with Gasteiger partial charge in [0.2, 0.25) is 0 Å². The van der Waals surface area contributed by atoms with Crippen LogP contribution >= 0.6 is 11.8 Å². The Morgan fingerprint density at radius 1 is 1.21 bits per heavy atom. The molecule has 19 heavy (non-hydrogen) atoms. The van der Waals surface area contributed by atoms with Crippen LogP contribution in [0.5, 0.6) is 5.75 Å². The van der Waals surface area contributed by atoms with Gasteiger partial charge in [-0.1, -0.05) is 19.1 Å². The highest BCUT2D eigenvalue weighted by molar-refractivity contribution is 7.99. The lowest BCUT2D eigenvalue weighted by molar-refractivity contribution is 0.464. The lowest BCUT2D eigenvalue weighted by atomic mass is 10.2. The second kappa shape index (κ2) is 6.48. The number of pyridine rings is 1. The Labute approximate surface area is 118 Å². The average molecular weight is 274 g/mol. The van der Waals surface area contributed by atoms with E-state index >= 15 is 0 Å². The van der Waals surface area contributed by atoms with Crippen LogP contribution in [0.15, 0.2) is 41.3 Å². The van der Waals surface area contributed by atoms with Gasteiger partial charge in [-0.05, 0) is 36.9 Å². The number of nitrogens with one attached hydrogen (secondary N) is 1. The summed E-state index contributed by atoms with van der Waals surface area (Å²) in [5, 5.41) is 13.1. The normalized spacial score (nSPS) is 10.4. The third-order valence-corrected chi connectivity index (χ3v) is 3.68. The molecule has 0 spiro atoms. The zero-order valence-corrected chi connectivity index (χ0v) is 12.0. The van der Waals surface area contributed by atoms with Crippen LogP contribution in [-0.2, 0) is 6.54 Å². The Kier molecular flexibility index (Phi) is 4.68. The molecular formula is C15H18N2OS. The molecule has 0 saturated heterocycles. The van der Waals surface area contributed by atoms with Gasteiger partial charge in [0.15, 0.2) is 0 Å². The van der Waals surface area contributed by atoms with E-state index in [1.807, 2.05) is 25.1 Å². The standard InChI is InChI=1S/C15H18N2OS/c1-3-19-15-7-5-4-6-12(15)16-10-13-14(18)9-8-11(2)17-13/h4-9,16,18H,3,10H2,1-2H3. The molecule has 0 unspecified atom stereocenters. The Morgan fingerprint density at radius 2 is 2.00 bits per heavy atom. The fourth-order valence-electron chi connectivity index (χ4n) is 1.81. The van der Waals surface area contributed by atoms with Gasteiger partial charge in [0, 0.05) is 16.3 Å². The lowest BCUT2D eigenvalue weighted by Gasteiger charge is -2.11. The van der Waals surface area contributed by atoms with Gasteiger partial charge >= 0.3 is 0 Å². The van der Waals surface area contributed by atoms with E-state index in [0.29, 0.717) is 12.2 Å². The summed E-state index contributed by atoms with van der Waals surface area (Å²) in [4.78, 5) is 5.56. The molecule has 0 fully saturated rings. The van der Waals surface area contributed by atoms with E-state index in [4.69, 9.17) is 0 Å². The third kappa shape index (κ3) is 3.64. The molecule has 0 aliphatic heterocycles. The van der Waals surface area contributed by atoms with Crippen LogP contribution in [0, 0.1) is 6.92 Å². The van der Waals surface area contributed by atoms with Gasteiger partial charge in [0.1, 0.15) is 11.4 Å². The molecular weight excluding hydrogens is 256 g/mol. The number of aryl methyl sites for hydroxylation is 1. The number of benzene rings is 1. The Morgan fingerprint density at radius 3 is 2.79 bits per heavy atom. The lowest BCUT2D eigenvalue weighted by Crippen LogP contribution is -2.03. The maximum absolute atomic E-state index is 9.78. The molecule has 100 valence electrons. The van der Waals surface area contributed by atoms with E-state index in [1.54, 1.807) is 23.9 Å². The van der Waals surface area contributed by atoms with Crippen molar-refractivity contribution < 1.29 is 5.11 Å². The monoisotopic (exact) mass is 274 g/mol. The van der Waals surface area contributed by atoms with Crippen LogP contribution < -0.4 is 5.32 Å². The van der Waals surface area contributed by atoms with Gasteiger partial charge in [-0.3, -0.25) is 4.98 Å². The molecule has 0 radical (unpaired) electrons. The molecule has 1 heterocycles. The smallest absolute Gasteiger partial charge is 0.138 e. The first-order valence-corrected chi connectivity index (χ1v) is 7.30. The molecule has 0 aliphatic carbocycles. The Bertz CT molecular complexity index is 558. The highest BCUT2D eigenvalue weighted by Gasteiger charge is 2.05. The maximum Gasteiger partial charge on any atom is 0.138 e. The average Bonchev–Trinajstić information content (AvgIpc) is 2.42. The molecule has 0 aliphatic rings. The van der Waals surface area contributed by atoms with Gasteiger partial charge < -0.3 is 10.4 Å². The van der Waals surface area contributed by atoms with Gasteiger partial charge in [0.25, 0.3) is 0 Å². The van der Waals surface area contributed by atoms with E-state index in [0.717, 1.165) is 17.1 Å². The van der Waals surface area contributed by atoms with Crippen molar-refractivity contribution in [3.05, 3.63) is 47.8 Å². The molecule has 4 heteroatoms. The van der Waals surface area contributed by atoms with Gasteiger partial charge in [0.05, 0.1) is 6.54 Å². The Balaban J connectivity index is 2.12. The molecule has 2 aromatic rings. The first-order chi connectivity index (χ1) is 9.20. The summed E-state index contributed by atoms with van der Waals surface area (Å²) >= 11 is 1.80. The number of anilines is 1. The molecule has 2 rings (SSSR count). The fourth-order valence-corrected chi connectivity index (χ4v) is 2.59. The van der Waals surface area contributed by atoms with E-state index in [9.17, 15) is 5.11 Å². The summed E-state index contributed by atoms with van der Waals surface area (Å²) in [5.41, 5.74) is 2.67. The second-order valence-electron chi connectivity index (χ2n) is 4.20. The molecule has 1 aromatic heterocycles. The molecule has 0 bridgehead atoms. The van der Waals surface area contributed by atoms with Crippen molar-refractivity contribution in [2.75, 3.05) is 11.1 Å². The minimum absolute atomic E-state index is 0.235. The Hall–Kier alpha value is -1.68. The zero-order chi connectivity index (χ0) is 13.7. The van der Waals surface area contributed by atoms with E-state index in [-0.39, 0.29) is 5.75 Å². The number of thioether (sulfide) groups is 1. The summed E-state index contributed by atoms with van der Waals surface area (Å²) in [6.45, 7) is 4.58. The van der Waals surface area contributed by atoms with Crippen molar-refractivity contribution in [1.29, 1.82) is 0 Å². The van der Waals surface area contributed by atoms with Gasteiger partial charge in [-0.2, -0.15) is 0 Å². The summed E-state index contributed by atoms with van der Waals surface area (Å²) in [6, 6.07) is 11.7. The van der Waals surface area contributed by atoms with Crippen molar-refractivity contribution >= 4 is 17.4 Å². The van der Waals surface area contributed by atoms with Crippen molar-refractivity contribution in [3.8, 4) is 5.75 Å². The summed E-state index contributed by atoms with van der Waals surface area (Å²) in [6.07, 6.45) is 0. The highest BCUT2D eigenvalue weighted by Crippen LogP contribution is 2.27. The molecule has 0 amide bonds. The minimum Gasteiger partial charge on any atom is -0.506 e. The number of hydrogen-bond donors (Lipinski definition) is 2. The highest BCUT2D eigenvalue weighted by atomic mass is 32.2. The number of nitrogens with zero attached hydrogens (tertiary/aromatic N) is 1. The number of para-hydroxylation sites is 1. The van der Waals surface area contributed by atoms with Crippen molar-refractivity contribution in [2.24, 2.45) is 0 Å². The third-order valence-electron chi connectivity index (χ3n) is 2.72. The van der Waals surface area contributed by atoms with Crippen LogP contribution in [-0.4, -0.2) is 15.8 Å². The van der Waals surface area contributed by atoms with E-state index < -0.39 is 0 Å². The number of hydrogen-bond acceptors (Lipinski definition) is 4. The fraction of sp³-hybridized carbons (Fsp3) is 0.267. The predicted octanol–water partition coefficient (Wildman–Crippen LogP) is 3.82. The zero-order valence-electron chi connectivity index (χ0n) is 11.2. The van der Waals surface area contributed by atoms with Crippen LogP contribution in [0.1, 0.15) is 18.3 Å². The molecule has 0 saturated carbocycles. The molecule has 1 aromatic carbocycles. The largest absolute Gasteiger partial charge is 0.506 e. The van der Waals surface area contributed by atoms with Crippen LogP contribution in [0.3, 0.4) is 0 Å². The first-order valence-electron chi connectivity index (χ1n) is 6.32. The van der Waals surface area contributed by atoms with Crippen molar-refractivity contribution in [3.63, 3.8) is 0 Å². The molecule has 0 atom stereocenters. The van der Waals surface area contributed by atoms with Crippen LogP contribution in [0.2, 0.25) is 0 Å².